The molecule has 0 heterocycles. The highest BCUT2D eigenvalue weighted by molar-refractivity contribution is 5.37. The van der Waals surface area contributed by atoms with Gasteiger partial charge in [0.25, 0.3) is 0 Å². The Labute approximate surface area is 84.2 Å². The van der Waals surface area contributed by atoms with E-state index >= 15 is 0 Å². The number of methoxy groups -OCH3 is 1. The molecule has 14 heavy (non-hydrogen) atoms. The molecule has 72 valence electrons. The monoisotopic (exact) mass is 188 g/mol. The first-order chi connectivity index (χ1) is 6.83. The molecule has 0 fully saturated rings. The highest BCUT2D eigenvalue weighted by Crippen LogP contribution is 1.97. The van der Waals surface area contributed by atoms with Crippen LogP contribution in [0.3, 0.4) is 0 Å². The largest absolute Gasteiger partial charge is 0.460 e. The third-order valence-electron chi connectivity index (χ3n) is 1.47. The van der Waals surface area contributed by atoms with Gasteiger partial charge >= 0.3 is 0 Å². The zero-order chi connectivity index (χ0) is 10.2. The minimum absolute atomic E-state index is 0.183. The summed E-state index contributed by atoms with van der Waals surface area (Å²) >= 11 is 0. The van der Waals surface area contributed by atoms with Crippen LogP contribution in [0.1, 0.15) is 5.56 Å². The van der Waals surface area contributed by atoms with Gasteiger partial charge < -0.3 is 9.47 Å². The molecule has 1 aromatic rings. The van der Waals surface area contributed by atoms with Gasteiger partial charge in [-0.05, 0) is 24.6 Å². The summed E-state index contributed by atoms with van der Waals surface area (Å²) in [6.07, 6.45) is 0. The predicted molar refractivity (Wildman–Crippen MR) is 55.4 cm³/mol. The van der Waals surface area contributed by atoms with Gasteiger partial charge in [0.15, 0.2) is 12.6 Å². The summed E-state index contributed by atoms with van der Waals surface area (Å²) in [4.78, 5) is 0. The molecular formula is C12H12O2. The molecule has 0 radical (unpaired) electrons. The Morgan fingerprint density at radius 3 is 2.71 bits per heavy atom. The molecule has 0 N–H and O–H groups in total. The number of hydrogen-bond acceptors (Lipinski definition) is 2. The molecule has 0 aliphatic rings. The van der Waals surface area contributed by atoms with Gasteiger partial charge in [0.1, 0.15) is 0 Å². The lowest BCUT2D eigenvalue weighted by atomic mass is 10.2. The molecule has 1 aromatic carbocycles. The highest BCUT2D eigenvalue weighted by Gasteiger charge is 1.86. The van der Waals surface area contributed by atoms with Crippen LogP contribution in [-0.4, -0.2) is 13.9 Å². The number of rotatable bonds is 3. The van der Waals surface area contributed by atoms with Gasteiger partial charge in [-0.2, -0.15) is 0 Å². The van der Waals surface area contributed by atoms with E-state index in [1.165, 1.54) is 0 Å². The lowest BCUT2D eigenvalue weighted by molar-refractivity contribution is 0.0118. The Morgan fingerprint density at radius 2 is 2.07 bits per heavy atom. The van der Waals surface area contributed by atoms with E-state index in [0.717, 1.165) is 5.56 Å². The molecule has 2 heteroatoms. The second-order valence-electron chi connectivity index (χ2n) is 2.59. The number of ether oxygens (including phenoxy) is 2. The molecule has 0 bridgehead atoms. The first-order valence-electron chi connectivity index (χ1n) is 4.20. The van der Waals surface area contributed by atoms with Crippen LogP contribution in [-0.2, 0) is 9.47 Å². The summed E-state index contributed by atoms with van der Waals surface area (Å²) in [5, 5.41) is 0. The van der Waals surface area contributed by atoms with Crippen LogP contribution < -0.4 is 0 Å². The molecular weight excluding hydrogens is 176 g/mol. The minimum atomic E-state index is 0.183. The molecule has 0 unspecified atom stereocenters. The maximum Gasteiger partial charge on any atom is 0.189 e. The smallest absolute Gasteiger partial charge is 0.189 e. The minimum Gasteiger partial charge on any atom is -0.460 e. The number of hydrogen-bond donors (Lipinski definition) is 0. The van der Waals surface area contributed by atoms with Gasteiger partial charge in [0.2, 0.25) is 0 Å². The van der Waals surface area contributed by atoms with Gasteiger partial charge in [-0.1, -0.05) is 24.1 Å². The highest BCUT2D eigenvalue weighted by atomic mass is 16.7. The fourth-order valence-electron chi connectivity index (χ4n) is 0.830. The topological polar surface area (TPSA) is 18.5 Å². The van der Waals surface area contributed by atoms with Crippen LogP contribution in [0.5, 0.6) is 0 Å². The van der Waals surface area contributed by atoms with Crippen molar-refractivity contribution in [2.45, 2.75) is 0 Å². The van der Waals surface area contributed by atoms with Crippen molar-refractivity contribution in [1.29, 1.82) is 0 Å². The Hall–Kier alpha value is -1.72. The maximum absolute atomic E-state index is 5.02. The molecule has 0 aliphatic carbocycles. The molecule has 0 amide bonds. The van der Waals surface area contributed by atoms with Crippen molar-refractivity contribution >= 4 is 0 Å². The van der Waals surface area contributed by atoms with Crippen LogP contribution in [0.15, 0.2) is 42.7 Å². The summed E-state index contributed by atoms with van der Waals surface area (Å²) in [7, 11) is 1.55. The molecule has 0 atom stereocenters. The van der Waals surface area contributed by atoms with Gasteiger partial charge in [-0.15, -0.1) is 0 Å². The lowest BCUT2D eigenvalue weighted by Crippen LogP contribution is -1.93. The summed E-state index contributed by atoms with van der Waals surface area (Å²) in [5.41, 5.74) is 0.940. The number of benzene rings is 1. The average Bonchev–Trinajstić information content (AvgIpc) is 2.25. The van der Waals surface area contributed by atoms with Crippen molar-refractivity contribution in [3.63, 3.8) is 0 Å². The van der Waals surface area contributed by atoms with Gasteiger partial charge in [-0.3, -0.25) is 0 Å². The molecule has 1 rings (SSSR count). The Morgan fingerprint density at radius 1 is 1.36 bits per heavy atom. The third kappa shape index (κ3) is 3.79. The van der Waals surface area contributed by atoms with Crippen LogP contribution in [0.4, 0.5) is 0 Å². The van der Waals surface area contributed by atoms with Crippen molar-refractivity contribution in [3.05, 3.63) is 48.2 Å². The van der Waals surface area contributed by atoms with E-state index in [2.05, 4.69) is 18.4 Å². The van der Waals surface area contributed by atoms with E-state index < -0.39 is 0 Å². The molecule has 0 saturated carbocycles. The zero-order valence-electron chi connectivity index (χ0n) is 8.12. The first-order valence-corrected chi connectivity index (χ1v) is 4.20. The molecule has 0 saturated heterocycles. The quantitative estimate of drug-likeness (QED) is 0.411. The Bertz CT molecular complexity index is 344. The second-order valence-corrected chi connectivity index (χ2v) is 2.59. The summed E-state index contributed by atoms with van der Waals surface area (Å²) < 4.78 is 9.74. The SMILES string of the molecule is C=C(C#Cc1ccccc1)OCOC. The van der Waals surface area contributed by atoms with Crippen molar-refractivity contribution in [3.8, 4) is 11.8 Å². The van der Waals surface area contributed by atoms with Crippen molar-refractivity contribution in [2.24, 2.45) is 0 Å². The van der Waals surface area contributed by atoms with Gasteiger partial charge in [0, 0.05) is 12.7 Å². The van der Waals surface area contributed by atoms with Crippen molar-refractivity contribution in [2.75, 3.05) is 13.9 Å². The standard InChI is InChI=1S/C12H12O2/c1-11(14-10-13-2)8-9-12-6-4-3-5-7-12/h3-7H,1,10H2,2H3. The molecule has 0 aromatic heterocycles. The third-order valence-corrected chi connectivity index (χ3v) is 1.47. The Kier molecular flexibility index (Phi) is 4.33. The second kappa shape index (κ2) is 5.85. The fraction of sp³-hybridized carbons (Fsp3) is 0.167. The molecule has 0 aliphatic heterocycles. The first kappa shape index (κ1) is 10.4. The van der Waals surface area contributed by atoms with Gasteiger partial charge in [0.05, 0.1) is 0 Å². The van der Waals surface area contributed by atoms with E-state index in [1.807, 2.05) is 30.3 Å². The average molecular weight is 188 g/mol. The zero-order valence-corrected chi connectivity index (χ0v) is 8.12. The van der Waals surface area contributed by atoms with Crippen LogP contribution in [0, 0.1) is 11.8 Å². The normalized spacial score (nSPS) is 8.64. The predicted octanol–water partition coefficient (Wildman–Crippen LogP) is 2.17. The maximum atomic E-state index is 5.02. The molecule has 0 spiro atoms. The summed E-state index contributed by atoms with van der Waals surface area (Å²) in [6.45, 7) is 3.81. The van der Waals surface area contributed by atoms with E-state index in [9.17, 15) is 0 Å². The van der Waals surface area contributed by atoms with Crippen molar-refractivity contribution in [1.82, 2.24) is 0 Å². The lowest BCUT2D eigenvalue weighted by Gasteiger charge is -1.99. The fourth-order valence-corrected chi connectivity index (χ4v) is 0.830. The summed E-state index contributed by atoms with van der Waals surface area (Å²) in [5.74, 6) is 6.12. The Balaban J connectivity index is 2.51. The summed E-state index contributed by atoms with van der Waals surface area (Å²) in [6, 6.07) is 9.67. The van der Waals surface area contributed by atoms with Crippen LogP contribution in [0.25, 0.3) is 0 Å². The van der Waals surface area contributed by atoms with E-state index in [0.29, 0.717) is 5.76 Å². The van der Waals surface area contributed by atoms with E-state index in [1.54, 1.807) is 7.11 Å². The van der Waals surface area contributed by atoms with E-state index in [-0.39, 0.29) is 6.79 Å². The van der Waals surface area contributed by atoms with Crippen molar-refractivity contribution < 1.29 is 9.47 Å². The van der Waals surface area contributed by atoms with Crippen LogP contribution in [0.2, 0.25) is 0 Å². The molecule has 2 nitrogen and oxygen atoms in total. The van der Waals surface area contributed by atoms with E-state index in [4.69, 9.17) is 9.47 Å². The van der Waals surface area contributed by atoms with Gasteiger partial charge in [-0.25, -0.2) is 0 Å². The van der Waals surface area contributed by atoms with Crippen LogP contribution >= 0.6 is 0 Å². The number of allylic oxidation sites excluding steroid dienone is 1.